The van der Waals surface area contributed by atoms with E-state index in [2.05, 4.69) is 10.6 Å². The molecule has 200 valence electrons. The number of aliphatic hydroxyl groups is 1. The van der Waals surface area contributed by atoms with Crippen LogP contribution in [0.2, 0.25) is 0 Å². The predicted octanol–water partition coefficient (Wildman–Crippen LogP) is 3.93. The highest BCUT2D eigenvalue weighted by Gasteiger charge is 2.27. The van der Waals surface area contributed by atoms with E-state index in [4.69, 9.17) is 9.47 Å². The van der Waals surface area contributed by atoms with Gasteiger partial charge >= 0.3 is 12.1 Å². The largest absolute Gasteiger partial charge is 0.463 e. The van der Waals surface area contributed by atoms with E-state index >= 15 is 0 Å². The van der Waals surface area contributed by atoms with Crippen molar-refractivity contribution >= 4 is 18.0 Å². The Morgan fingerprint density at radius 3 is 2.14 bits per heavy atom. The van der Waals surface area contributed by atoms with Gasteiger partial charge < -0.3 is 25.2 Å². The van der Waals surface area contributed by atoms with E-state index in [9.17, 15) is 19.5 Å². The number of hydrogen-bond donors (Lipinski definition) is 3. The Hall–Kier alpha value is -3.65. The van der Waals surface area contributed by atoms with Gasteiger partial charge in [0.1, 0.15) is 12.6 Å². The van der Waals surface area contributed by atoms with Crippen molar-refractivity contribution in [2.75, 3.05) is 6.61 Å². The highest BCUT2D eigenvalue weighted by molar-refractivity contribution is 5.86. The summed E-state index contributed by atoms with van der Waals surface area (Å²) >= 11 is 0. The number of alkyl carbamates (subject to hydrolysis) is 1. The third-order valence-electron chi connectivity index (χ3n) is 5.57. The van der Waals surface area contributed by atoms with Crippen LogP contribution in [0.1, 0.15) is 44.7 Å². The molecule has 2 aromatic carbocycles. The summed E-state index contributed by atoms with van der Waals surface area (Å²) in [7, 11) is 0. The van der Waals surface area contributed by atoms with Crippen molar-refractivity contribution in [3.05, 3.63) is 83.9 Å². The summed E-state index contributed by atoms with van der Waals surface area (Å²) in [5.74, 6) is -0.899. The number of benzene rings is 2. The first kappa shape index (κ1) is 29.6. The molecular formula is C29H38N2O6. The molecule has 0 aromatic heterocycles. The second-order valence-electron chi connectivity index (χ2n) is 9.13. The second-order valence-corrected chi connectivity index (χ2v) is 9.13. The molecule has 0 spiro atoms. The first-order valence-corrected chi connectivity index (χ1v) is 12.6. The van der Waals surface area contributed by atoms with Crippen LogP contribution in [-0.4, -0.2) is 47.9 Å². The summed E-state index contributed by atoms with van der Waals surface area (Å²) in [5.41, 5.74) is 1.88. The monoisotopic (exact) mass is 510 g/mol. The van der Waals surface area contributed by atoms with Crippen molar-refractivity contribution in [3.63, 3.8) is 0 Å². The van der Waals surface area contributed by atoms with Crippen LogP contribution >= 0.6 is 0 Å². The van der Waals surface area contributed by atoms with Crippen molar-refractivity contribution in [2.45, 2.75) is 64.8 Å². The quantitative estimate of drug-likeness (QED) is 0.262. The van der Waals surface area contributed by atoms with Crippen LogP contribution in [0.4, 0.5) is 4.79 Å². The molecule has 2 aromatic rings. The highest BCUT2D eigenvalue weighted by Crippen LogP contribution is 2.12. The fourth-order valence-electron chi connectivity index (χ4n) is 3.69. The second kappa shape index (κ2) is 16.2. The van der Waals surface area contributed by atoms with Gasteiger partial charge in [-0.05, 0) is 49.3 Å². The van der Waals surface area contributed by atoms with Crippen LogP contribution < -0.4 is 10.6 Å². The van der Waals surface area contributed by atoms with Gasteiger partial charge in [0.25, 0.3) is 0 Å². The highest BCUT2D eigenvalue weighted by atomic mass is 16.5. The molecule has 8 nitrogen and oxygen atoms in total. The van der Waals surface area contributed by atoms with E-state index in [-0.39, 0.29) is 19.1 Å². The standard InChI is InChI=1S/C29H38N2O6/c1-4-36-27(33)18-17-26(32)24(16-15-22-11-7-5-8-12-22)30-28(34)25(19-21(2)3)31-29(35)37-20-23-13-9-6-10-14-23/h5-14,17-18,21,24-26,32H,4,15-16,19-20H2,1-3H3,(H,30,34)(H,31,35)/b18-17+/t24-,25-,26+/m0/s1. The topological polar surface area (TPSA) is 114 Å². The van der Waals surface area contributed by atoms with Crippen molar-refractivity contribution in [1.82, 2.24) is 10.6 Å². The summed E-state index contributed by atoms with van der Waals surface area (Å²) in [6.07, 6.45) is 2.02. The minimum Gasteiger partial charge on any atom is -0.463 e. The van der Waals surface area contributed by atoms with E-state index in [0.717, 1.165) is 17.2 Å². The Balaban J connectivity index is 2.08. The minimum atomic E-state index is -1.14. The van der Waals surface area contributed by atoms with E-state index < -0.39 is 36.2 Å². The Morgan fingerprint density at radius 1 is 0.919 bits per heavy atom. The van der Waals surface area contributed by atoms with Crippen LogP contribution in [0.15, 0.2) is 72.8 Å². The molecule has 0 radical (unpaired) electrons. The number of esters is 1. The molecule has 2 amide bonds. The number of rotatable bonds is 14. The normalized spacial score (nSPS) is 13.5. The smallest absolute Gasteiger partial charge is 0.408 e. The summed E-state index contributed by atoms with van der Waals surface area (Å²) in [6.45, 7) is 5.88. The van der Waals surface area contributed by atoms with Gasteiger partial charge in [0.15, 0.2) is 0 Å². The average molecular weight is 511 g/mol. The number of carbonyl (C=O) groups excluding carboxylic acids is 3. The molecule has 0 aliphatic heterocycles. The molecule has 0 saturated heterocycles. The van der Waals surface area contributed by atoms with Gasteiger partial charge in [0.2, 0.25) is 5.91 Å². The molecule has 0 aliphatic rings. The zero-order valence-electron chi connectivity index (χ0n) is 21.8. The lowest BCUT2D eigenvalue weighted by molar-refractivity contribution is -0.137. The SMILES string of the molecule is CCOC(=O)/C=C/[C@@H](O)[C@H](CCc1ccccc1)NC(=O)[C@H](CC(C)C)NC(=O)OCc1ccccc1. The fourth-order valence-corrected chi connectivity index (χ4v) is 3.69. The Morgan fingerprint density at radius 2 is 1.54 bits per heavy atom. The van der Waals surface area contributed by atoms with Gasteiger partial charge in [0.05, 0.1) is 18.8 Å². The van der Waals surface area contributed by atoms with Gasteiger partial charge in [-0.3, -0.25) is 4.79 Å². The number of aliphatic hydroxyl groups excluding tert-OH is 1. The fraction of sp³-hybridized carbons (Fsp3) is 0.414. The lowest BCUT2D eigenvalue weighted by Gasteiger charge is -2.26. The van der Waals surface area contributed by atoms with Gasteiger partial charge in [-0.2, -0.15) is 0 Å². The first-order valence-electron chi connectivity index (χ1n) is 12.6. The number of carbonyl (C=O) groups is 3. The van der Waals surface area contributed by atoms with Crippen LogP contribution in [0.5, 0.6) is 0 Å². The summed E-state index contributed by atoms with van der Waals surface area (Å²) < 4.78 is 10.2. The Labute approximate surface area is 219 Å². The van der Waals surface area contributed by atoms with Crippen molar-refractivity contribution in [2.24, 2.45) is 5.92 Å². The molecule has 2 rings (SSSR count). The minimum absolute atomic E-state index is 0.0831. The predicted molar refractivity (Wildman–Crippen MR) is 141 cm³/mol. The van der Waals surface area contributed by atoms with E-state index in [0.29, 0.717) is 19.3 Å². The van der Waals surface area contributed by atoms with Crippen molar-refractivity contribution in [1.29, 1.82) is 0 Å². The summed E-state index contributed by atoms with van der Waals surface area (Å²) in [6, 6.07) is 17.4. The van der Waals surface area contributed by atoms with E-state index in [1.807, 2.05) is 74.5 Å². The number of amides is 2. The number of nitrogens with one attached hydrogen (secondary N) is 2. The van der Waals surface area contributed by atoms with Gasteiger partial charge in [-0.25, -0.2) is 9.59 Å². The van der Waals surface area contributed by atoms with Crippen molar-refractivity contribution < 1.29 is 29.0 Å². The molecule has 0 unspecified atom stereocenters. The maximum atomic E-state index is 13.2. The number of hydrogen-bond acceptors (Lipinski definition) is 6. The van der Waals surface area contributed by atoms with Crippen LogP contribution in [-0.2, 0) is 32.1 Å². The molecule has 0 saturated carbocycles. The van der Waals surface area contributed by atoms with Crippen LogP contribution in [0, 0.1) is 5.92 Å². The van der Waals surface area contributed by atoms with Gasteiger partial charge in [0, 0.05) is 6.08 Å². The average Bonchev–Trinajstić information content (AvgIpc) is 2.89. The Kier molecular flexibility index (Phi) is 12.9. The number of ether oxygens (including phenoxy) is 2. The summed E-state index contributed by atoms with van der Waals surface area (Å²) in [5, 5.41) is 16.3. The van der Waals surface area contributed by atoms with Gasteiger partial charge in [-0.1, -0.05) is 74.5 Å². The first-order chi connectivity index (χ1) is 17.8. The molecule has 0 heterocycles. The van der Waals surface area contributed by atoms with Crippen molar-refractivity contribution in [3.8, 4) is 0 Å². The molecule has 0 bridgehead atoms. The Bertz CT molecular complexity index is 994. The summed E-state index contributed by atoms with van der Waals surface area (Å²) in [4.78, 5) is 37.4. The maximum absolute atomic E-state index is 13.2. The van der Waals surface area contributed by atoms with E-state index in [1.165, 1.54) is 6.08 Å². The lowest BCUT2D eigenvalue weighted by atomic mass is 9.98. The molecule has 0 aliphatic carbocycles. The van der Waals surface area contributed by atoms with E-state index in [1.54, 1.807) is 6.92 Å². The van der Waals surface area contributed by atoms with Gasteiger partial charge in [-0.15, -0.1) is 0 Å². The zero-order chi connectivity index (χ0) is 27.0. The molecule has 3 N–H and O–H groups in total. The van der Waals surface area contributed by atoms with Crippen LogP contribution in [0.25, 0.3) is 0 Å². The molecule has 0 fully saturated rings. The number of aryl methyl sites for hydroxylation is 1. The third kappa shape index (κ3) is 11.8. The lowest BCUT2D eigenvalue weighted by Crippen LogP contribution is -2.52. The molecule has 37 heavy (non-hydrogen) atoms. The molecule has 3 atom stereocenters. The molecular weight excluding hydrogens is 472 g/mol. The molecule has 8 heteroatoms. The maximum Gasteiger partial charge on any atom is 0.408 e. The van der Waals surface area contributed by atoms with Crippen LogP contribution in [0.3, 0.4) is 0 Å². The third-order valence-corrected chi connectivity index (χ3v) is 5.57. The zero-order valence-corrected chi connectivity index (χ0v) is 21.8.